The summed E-state index contributed by atoms with van der Waals surface area (Å²) < 4.78 is 0. The van der Waals surface area contributed by atoms with Crippen molar-refractivity contribution < 1.29 is 0 Å². The smallest absolute Gasteiger partial charge is 0.0223 e. The van der Waals surface area contributed by atoms with Crippen molar-refractivity contribution in [1.82, 2.24) is 10.2 Å². The Morgan fingerprint density at radius 2 is 1.93 bits per heavy atom. The van der Waals surface area contributed by atoms with Crippen LogP contribution in [0.4, 0.5) is 0 Å². The molecular weight excluding hydrogens is 184 g/mol. The number of hydrogen-bond donors (Lipinski definition) is 1. The van der Waals surface area contributed by atoms with Crippen LogP contribution in [0.2, 0.25) is 0 Å². The number of nitrogens with one attached hydrogen (secondary N) is 1. The molecule has 0 aromatic carbocycles. The Hall–Kier alpha value is -0.0800. The van der Waals surface area contributed by atoms with Crippen LogP contribution < -0.4 is 5.32 Å². The van der Waals surface area contributed by atoms with Crippen LogP contribution in [0.3, 0.4) is 0 Å². The molecule has 0 spiro atoms. The molecule has 0 heterocycles. The Kier molecular flexibility index (Phi) is 5.62. The highest BCUT2D eigenvalue weighted by atomic mass is 15.1. The van der Waals surface area contributed by atoms with Crippen molar-refractivity contribution in [2.75, 3.05) is 26.7 Å². The van der Waals surface area contributed by atoms with E-state index in [1.165, 1.54) is 32.4 Å². The zero-order valence-corrected chi connectivity index (χ0v) is 10.9. The second kappa shape index (κ2) is 6.49. The summed E-state index contributed by atoms with van der Waals surface area (Å²) in [5.41, 5.74) is 0. The third-order valence-electron chi connectivity index (χ3n) is 3.49. The highest BCUT2D eigenvalue weighted by Gasteiger charge is 2.31. The van der Waals surface area contributed by atoms with E-state index < -0.39 is 0 Å². The van der Waals surface area contributed by atoms with Gasteiger partial charge in [0.1, 0.15) is 0 Å². The zero-order valence-electron chi connectivity index (χ0n) is 10.9. The molecule has 0 radical (unpaired) electrons. The van der Waals surface area contributed by atoms with Gasteiger partial charge >= 0.3 is 0 Å². The lowest BCUT2D eigenvalue weighted by Gasteiger charge is -2.26. The lowest BCUT2D eigenvalue weighted by molar-refractivity contribution is 0.242. The maximum absolute atomic E-state index is 3.63. The Bertz CT molecular complexity index is 166. The summed E-state index contributed by atoms with van der Waals surface area (Å²) in [7, 11) is 2.26. The Morgan fingerprint density at radius 3 is 2.40 bits per heavy atom. The average molecular weight is 212 g/mol. The monoisotopic (exact) mass is 212 g/mol. The number of rotatable bonds is 8. The van der Waals surface area contributed by atoms with Gasteiger partial charge in [-0.3, -0.25) is 0 Å². The minimum atomic E-state index is 0.740. The van der Waals surface area contributed by atoms with Crippen LogP contribution in [-0.4, -0.2) is 37.6 Å². The predicted molar refractivity (Wildman–Crippen MR) is 67.1 cm³/mol. The maximum Gasteiger partial charge on any atom is 0.0223 e. The van der Waals surface area contributed by atoms with E-state index in [0.717, 1.165) is 24.4 Å². The first-order valence-corrected chi connectivity index (χ1v) is 6.59. The van der Waals surface area contributed by atoms with Gasteiger partial charge in [-0.05, 0) is 38.3 Å². The first kappa shape index (κ1) is 13.0. The van der Waals surface area contributed by atoms with E-state index in [1.807, 2.05) is 0 Å². The van der Waals surface area contributed by atoms with Crippen molar-refractivity contribution in [1.29, 1.82) is 0 Å². The first-order chi connectivity index (χ1) is 7.17. The third kappa shape index (κ3) is 4.98. The van der Waals surface area contributed by atoms with Crippen LogP contribution in [0, 0.1) is 11.8 Å². The molecule has 1 fully saturated rings. The van der Waals surface area contributed by atoms with Crippen molar-refractivity contribution in [2.24, 2.45) is 11.8 Å². The highest BCUT2D eigenvalue weighted by Crippen LogP contribution is 2.32. The van der Waals surface area contributed by atoms with Gasteiger partial charge in [0.2, 0.25) is 0 Å². The van der Waals surface area contributed by atoms with Crippen molar-refractivity contribution >= 4 is 0 Å². The lowest BCUT2D eigenvalue weighted by Crippen LogP contribution is -2.42. The van der Waals surface area contributed by atoms with E-state index in [2.05, 4.69) is 38.0 Å². The molecule has 2 unspecified atom stereocenters. The molecule has 1 N–H and O–H groups in total. The van der Waals surface area contributed by atoms with Gasteiger partial charge in [-0.1, -0.05) is 27.2 Å². The third-order valence-corrected chi connectivity index (χ3v) is 3.49. The summed E-state index contributed by atoms with van der Waals surface area (Å²) in [5, 5.41) is 3.63. The molecule has 90 valence electrons. The van der Waals surface area contributed by atoms with Crippen molar-refractivity contribution in [3.63, 3.8) is 0 Å². The van der Waals surface area contributed by atoms with Gasteiger partial charge < -0.3 is 10.2 Å². The molecule has 2 nitrogen and oxygen atoms in total. The van der Waals surface area contributed by atoms with E-state index in [4.69, 9.17) is 0 Å². The van der Waals surface area contributed by atoms with E-state index in [9.17, 15) is 0 Å². The molecule has 1 rings (SSSR count). The van der Waals surface area contributed by atoms with Crippen LogP contribution in [0.5, 0.6) is 0 Å². The topological polar surface area (TPSA) is 15.3 Å². The lowest BCUT2D eigenvalue weighted by atomic mass is 10.1. The molecule has 15 heavy (non-hydrogen) atoms. The van der Waals surface area contributed by atoms with Gasteiger partial charge in [0.15, 0.2) is 0 Å². The number of nitrogens with zero attached hydrogens (tertiary/aromatic N) is 1. The van der Waals surface area contributed by atoms with Crippen LogP contribution in [0.1, 0.15) is 40.0 Å². The normalized spacial score (nSPS) is 20.6. The molecule has 1 aliphatic carbocycles. The summed E-state index contributed by atoms with van der Waals surface area (Å²) in [6.07, 6.45) is 4.17. The van der Waals surface area contributed by atoms with Gasteiger partial charge in [0, 0.05) is 19.1 Å². The minimum Gasteiger partial charge on any atom is -0.313 e. The summed E-state index contributed by atoms with van der Waals surface area (Å²) in [5.74, 6) is 1.79. The Morgan fingerprint density at radius 1 is 1.27 bits per heavy atom. The van der Waals surface area contributed by atoms with E-state index in [1.54, 1.807) is 0 Å². The van der Waals surface area contributed by atoms with E-state index in [0.29, 0.717) is 0 Å². The van der Waals surface area contributed by atoms with Crippen molar-refractivity contribution in [3.8, 4) is 0 Å². The van der Waals surface area contributed by atoms with Gasteiger partial charge in [0.25, 0.3) is 0 Å². The van der Waals surface area contributed by atoms with Crippen molar-refractivity contribution in [2.45, 2.75) is 46.1 Å². The molecule has 2 heteroatoms. The molecule has 2 atom stereocenters. The molecule has 0 amide bonds. The summed E-state index contributed by atoms with van der Waals surface area (Å²) in [4.78, 5) is 2.50. The van der Waals surface area contributed by atoms with Gasteiger partial charge in [-0.2, -0.15) is 0 Å². The van der Waals surface area contributed by atoms with Gasteiger partial charge in [-0.25, -0.2) is 0 Å². The molecule has 0 aromatic rings. The second-order valence-corrected chi connectivity index (χ2v) is 5.24. The fraction of sp³-hybridized carbons (Fsp3) is 1.00. The van der Waals surface area contributed by atoms with Gasteiger partial charge in [-0.15, -0.1) is 0 Å². The summed E-state index contributed by atoms with van der Waals surface area (Å²) in [6, 6.07) is 0.740. The quantitative estimate of drug-likeness (QED) is 0.664. The van der Waals surface area contributed by atoms with E-state index in [-0.39, 0.29) is 0 Å². The largest absolute Gasteiger partial charge is 0.313 e. The van der Waals surface area contributed by atoms with Crippen LogP contribution in [0.25, 0.3) is 0 Å². The second-order valence-electron chi connectivity index (χ2n) is 5.24. The zero-order chi connectivity index (χ0) is 11.3. The minimum absolute atomic E-state index is 0.740. The molecule has 1 aliphatic rings. The molecule has 0 saturated heterocycles. The number of hydrogen-bond acceptors (Lipinski definition) is 2. The fourth-order valence-electron chi connectivity index (χ4n) is 2.21. The molecule has 1 saturated carbocycles. The highest BCUT2D eigenvalue weighted by molar-refractivity contribution is 4.87. The van der Waals surface area contributed by atoms with Crippen molar-refractivity contribution in [3.05, 3.63) is 0 Å². The molecule has 0 aliphatic heterocycles. The average Bonchev–Trinajstić information content (AvgIpc) is 3.00. The Balaban J connectivity index is 2.23. The standard InChI is InChI=1S/C13H28N2/c1-5-11(3)9-15(4)10-13(14-6-2)12-7-8-12/h11-14H,5-10H2,1-4H3. The SMILES string of the molecule is CCNC(CN(C)CC(C)CC)C1CC1. The molecular formula is C13H28N2. The van der Waals surface area contributed by atoms with E-state index >= 15 is 0 Å². The first-order valence-electron chi connectivity index (χ1n) is 6.59. The van der Waals surface area contributed by atoms with Crippen LogP contribution >= 0.6 is 0 Å². The molecule has 0 aromatic heterocycles. The maximum atomic E-state index is 3.63. The van der Waals surface area contributed by atoms with Crippen LogP contribution in [-0.2, 0) is 0 Å². The molecule has 0 bridgehead atoms. The number of likely N-dealkylation sites (N-methyl/N-ethyl adjacent to an activating group) is 2. The Labute approximate surface area is 95.4 Å². The summed E-state index contributed by atoms with van der Waals surface area (Å²) in [6.45, 7) is 10.4. The fourth-order valence-corrected chi connectivity index (χ4v) is 2.21. The predicted octanol–water partition coefficient (Wildman–Crippen LogP) is 2.35. The van der Waals surface area contributed by atoms with Gasteiger partial charge in [0.05, 0.1) is 0 Å². The van der Waals surface area contributed by atoms with Crippen LogP contribution in [0.15, 0.2) is 0 Å². The summed E-state index contributed by atoms with van der Waals surface area (Å²) >= 11 is 0.